The highest BCUT2D eigenvalue weighted by atomic mass is 16.6. The van der Waals surface area contributed by atoms with Gasteiger partial charge in [0.25, 0.3) is 5.69 Å². The highest BCUT2D eigenvalue weighted by molar-refractivity contribution is 6.26. The molecule has 4 heterocycles. The number of nitro groups is 1. The van der Waals surface area contributed by atoms with Gasteiger partial charge in [0.2, 0.25) is 17.7 Å². The third-order valence-electron chi connectivity index (χ3n) is 8.35. The molecule has 3 amide bonds. The predicted molar refractivity (Wildman–Crippen MR) is 123 cm³/mol. The van der Waals surface area contributed by atoms with Crippen molar-refractivity contribution in [2.45, 2.75) is 45.2 Å². The zero-order valence-corrected chi connectivity index (χ0v) is 19.1. The van der Waals surface area contributed by atoms with Crippen molar-refractivity contribution in [3.63, 3.8) is 0 Å². The van der Waals surface area contributed by atoms with Crippen LogP contribution in [0.15, 0.2) is 30.3 Å². The van der Waals surface area contributed by atoms with Gasteiger partial charge in [0.15, 0.2) is 0 Å². The van der Waals surface area contributed by atoms with Gasteiger partial charge in [-0.15, -0.1) is 0 Å². The third kappa shape index (κ3) is 2.30. The second kappa shape index (κ2) is 6.73. The first-order valence-corrected chi connectivity index (χ1v) is 11.5. The van der Waals surface area contributed by atoms with Gasteiger partial charge in [-0.25, -0.2) is 4.90 Å². The Morgan fingerprint density at radius 2 is 1.79 bits per heavy atom. The number of aryl methyl sites for hydroxylation is 2. The van der Waals surface area contributed by atoms with E-state index in [0.29, 0.717) is 12.1 Å². The first-order valence-electron chi connectivity index (χ1n) is 11.5. The zero-order valence-electron chi connectivity index (χ0n) is 19.1. The number of anilines is 2. The Labute approximate surface area is 195 Å². The van der Waals surface area contributed by atoms with Gasteiger partial charge in [-0.05, 0) is 57.4 Å². The van der Waals surface area contributed by atoms with E-state index in [9.17, 15) is 24.5 Å². The van der Waals surface area contributed by atoms with E-state index in [2.05, 4.69) is 10.2 Å². The van der Waals surface area contributed by atoms with Crippen LogP contribution in [-0.2, 0) is 19.9 Å². The normalized spacial score (nSPS) is 29.6. The third-order valence-corrected chi connectivity index (χ3v) is 8.35. The van der Waals surface area contributed by atoms with E-state index in [1.165, 1.54) is 6.07 Å². The molecule has 9 nitrogen and oxygen atoms in total. The Morgan fingerprint density at radius 1 is 1.06 bits per heavy atom. The number of amides is 3. The quantitative estimate of drug-likeness (QED) is 0.419. The lowest BCUT2D eigenvalue weighted by Gasteiger charge is -2.36. The summed E-state index contributed by atoms with van der Waals surface area (Å²) < 4.78 is 0. The zero-order chi connectivity index (χ0) is 24.1. The lowest BCUT2D eigenvalue weighted by Crippen LogP contribution is -2.54. The van der Waals surface area contributed by atoms with Crippen molar-refractivity contribution in [3.05, 3.63) is 62.7 Å². The van der Waals surface area contributed by atoms with Crippen LogP contribution in [0.5, 0.6) is 0 Å². The molecule has 2 aromatic carbocycles. The number of nitrogens with zero attached hydrogens (tertiary/aromatic N) is 3. The summed E-state index contributed by atoms with van der Waals surface area (Å²) in [5, 5.41) is 14.5. The van der Waals surface area contributed by atoms with Gasteiger partial charge < -0.3 is 5.32 Å². The van der Waals surface area contributed by atoms with Gasteiger partial charge in [0.1, 0.15) is 5.54 Å². The number of carbonyl (C=O) groups is 3. The van der Waals surface area contributed by atoms with Crippen LogP contribution in [0.3, 0.4) is 0 Å². The number of hydrogen-bond donors (Lipinski definition) is 1. The van der Waals surface area contributed by atoms with Crippen molar-refractivity contribution in [2.75, 3.05) is 16.8 Å². The highest BCUT2D eigenvalue weighted by Gasteiger charge is 2.74. The monoisotopic (exact) mass is 460 g/mol. The first kappa shape index (κ1) is 21.0. The minimum atomic E-state index is -1.25. The molecule has 4 aliphatic rings. The largest absolute Gasteiger partial charge is 0.324 e. The molecule has 0 aromatic heterocycles. The number of benzene rings is 2. The van der Waals surface area contributed by atoms with Gasteiger partial charge in [0, 0.05) is 28.9 Å². The standard InChI is InChI=1S/C25H24N4O5/c1-12-7-9-16-21(14(12)3)26-24(32)25(16)20-19(17-5-4-10-27(17)25)22(30)28(23(20)31)15-8-6-13(2)18(11-15)29(33)34/h6-9,11,17,19-20H,4-5,10H2,1-3H3,(H,26,32)/t17-,19-,20+,25-/m1/s1. The van der Waals surface area contributed by atoms with Crippen LogP contribution in [-0.4, -0.2) is 40.1 Å². The Morgan fingerprint density at radius 3 is 2.53 bits per heavy atom. The molecule has 3 saturated heterocycles. The van der Waals surface area contributed by atoms with Crippen molar-refractivity contribution in [1.82, 2.24) is 4.90 Å². The maximum Gasteiger partial charge on any atom is 0.274 e. The molecule has 0 aliphatic carbocycles. The number of hydrogen-bond acceptors (Lipinski definition) is 6. The first-order chi connectivity index (χ1) is 16.2. The fourth-order valence-electron chi connectivity index (χ4n) is 6.71. The van der Waals surface area contributed by atoms with Crippen LogP contribution in [0, 0.1) is 42.7 Å². The maximum atomic E-state index is 14.0. The number of nitrogens with one attached hydrogen (secondary N) is 1. The molecule has 4 atom stereocenters. The fourth-order valence-corrected chi connectivity index (χ4v) is 6.71. The molecule has 0 unspecified atom stereocenters. The lowest BCUT2D eigenvalue weighted by molar-refractivity contribution is -0.385. The molecule has 2 aromatic rings. The van der Waals surface area contributed by atoms with Gasteiger partial charge >= 0.3 is 0 Å². The second-order valence-electron chi connectivity index (χ2n) is 9.80. The SMILES string of the molecule is Cc1ccc(N2C(=O)[C@@H]3[C@H]4CCCN4[C@@]4(C(=O)Nc5c4ccc(C)c5C)[C@@H]3C2=O)cc1[N+](=O)[O-]. The Balaban J connectivity index is 1.54. The van der Waals surface area contributed by atoms with Crippen LogP contribution in [0.1, 0.15) is 35.1 Å². The minimum Gasteiger partial charge on any atom is -0.324 e. The number of carbonyl (C=O) groups excluding carboxylic acids is 3. The van der Waals surface area contributed by atoms with Gasteiger partial charge in [0.05, 0.1) is 22.4 Å². The molecule has 174 valence electrons. The van der Waals surface area contributed by atoms with E-state index in [0.717, 1.165) is 40.1 Å². The predicted octanol–water partition coefficient (Wildman–Crippen LogP) is 2.95. The molecule has 3 fully saturated rings. The van der Waals surface area contributed by atoms with E-state index in [1.54, 1.807) is 19.1 Å². The molecule has 0 radical (unpaired) electrons. The summed E-state index contributed by atoms with van der Waals surface area (Å²) in [5.74, 6) is -2.67. The average Bonchev–Trinajstić information content (AvgIpc) is 3.50. The van der Waals surface area contributed by atoms with E-state index in [-0.39, 0.29) is 29.2 Å². The van der Waals surface area contributed by atoms with Crippen LogP contribution >= 0.6 is 0 Å². The molecular formula is C25H24N4O5. The Hall–Kier alpha value is -3.59. The van der Waals surface area contributed by atoms with Crippen LogP contribution in [0.2, 0.25) is 0 Å². The van der Waals surface area contributed by atoms with Crippen LogP contribution < -0.4 is 10.2 Å². The second-order valence-corrected chi connectivity index (χ2v) is 9.80. The molecule has 1 N–H and O–H groups in total. The summed E-state index contributed by atoms with van der Waals surface area (Å²) in [6, 6.07) is 8.02. The molecule has 4 aliphatic heterocycles. The fraction of sp³-hybridized carbons (Fsp3) is 0.400. The van der Waals surface area contributed by atoms with Crippen molar-refractivity contribution in [2.24, 2.45) is 11.8 Å². The highest BCUT2D eigenvalue weighted by Crippen LogP contribution is 2.61. The van der Waals surface area contributed by atoms with Crippen molar-refractivity contribution < 1.29 is 19.3 Å². The summed E-state index contributed by atoms with van der Waals surface area (Å²) in [4.78, 5) is 55.6. The molecule has 0 bridgehead atoms. The smallest absolute Gasteiger partial charge is 0.274 e. The Kier molecular flexibility index (Phi) is 4.15. The summed E-state index contributed by atoms with van der Waals surface area (Å²) in [6.07, 6.45) is 1.55. The number of rotatable bonds is 2. The lowest BCUT2D eigenvalue weighted by atomic mass is 9.75. The summed E-state index contributed by atoms with van der Waals surface area (Å²) in [6.45, 7) is 6.16. The van der Waals surface area contributed by atoms with Crippen molar-refractivity contribution >= 4 is 34.8 Å². The minimum absolute atomic E-state index is 0.151. The number of imide groups is 1. The van der Waals surface area contributed by atoms with E-state index >= 15 is 0 Å². The molecule has 1 spiro atoms. The topological polar surface area (TPSA) is 113 Å². The summed E-state index contributed by atoms with van der Waals surface area (Å²) in [7, 11) is 0. The molecule has 0 saturated carbocycles. The molecule has 6 rings (SSSR count). The molecular weight excluding hydrogens is 436 g/mol. The average molecular weight is 460 g/mol. The number of fused-ring (bicyclic) bond motifs is 7. The Bertz CT molecular complexity index is 1340. The molecule has 34 heavy (non-hydrogen) atoms. The van der Waals surface area contributed by atoms with Gasteiger partial charge in [-0.1, -0.05) is 18.2 Å². The summed E-state index contributed by atoms with van der Waals surface area (Å²) in [5.41, 5.74) is 2.68. The van der Waals surface area contributed by atoms with E-state index in [1.807, 2.05) is 26.0 Å². The van der Waals surface area contributed by atoms with Gasteiger partial charge in [-0.3, -0.25) is 29.4 Å². The van der Waals surface area contributed by atoms with E-state index < -0.39 is 28.2 Å². The van der Waals surface area contributed by atoms with Crippen molar-refractivity contribution in [3.8, 4) is 0 Å². The summed E-state index contributed by atoms with van der Waals surface area (Å²) >= 11 is 0. The maximum absolute atomic E-state index is 14.0. The van der Waals surface area contributed by atoms with Crippen LogP contribution in [0.4, 0.5) is 17.1 Å². The van der Waals surface area contributed by atoms with E-state index in [4.69, 9.17) is 0 Å². The van der Waals surface area contributed by atoms with Gasteiger partial charge in [-0.2, -0.15) is 0 Å². The van der Waals surface area contributed by atoms with Crippen LogP contribution in [0.25, 0.3) is 0 Å². The molecule has 9 heteroatoms. The number of nitro benzene ring substituents is 1. The van der Waals surface area contributed by atoms with Crippen molar-refractivity contribution in [1.29, 1.82) is 0 Å².